The zero-order valence-electron chi connectivity index (χ0n) is 30.0. The second-order valence-corrected chi connectivity index (χ2v) is 13.8. The number of unbranched alkanes of at least 4 members (excludes halogenated alkanes) is 3. The van der Waals surface area contributed by atoms with Crippen molar-refractivity contribution in [2.24, 2.45) is 5.92 Å². The summed E-state index contributed by atoms with van der Waals surface area (Å²) in [6.07, 6.45) is 4.85. The number of carbonyl (C=O) groups excluding carboxylic acids is 3. The number of benzene rings is 2. The predicted octanol–water partition coefficient (Wildman–Crippen LogP) is 5.53. The van der Waals surface area contributed by atoms with E-state index in [2.05, 4.69) is 32.8 Å². The molecule has 0 aliphatic carbocycles. The molecular formula is C37H53ClN8O4. The number of nitrogens with zero attached hydrogens (tertiary/aromatic N) is 3. The smallest absolute Gasteiger partial charge is 0.410 e. The zero-order valence-corrected chi connectivity index (χ0v) is 30.7. The Morgan fingerprint density at radius 2 is 1.62 bits per heavy atom. The van der Waals surface area contributed by atoms with Gasteiger partial charge in [-0.2, -0.15) is 0 Å². The number of rotatable bonds is 18. The SMILES string of the molecule is CCCCCCNCCNC(=O)c1ccc(CN(CC(CNC(=O)c2nc(Cl)c(N)nc2N)Cc2ccccc2C)C(=O)OC(C)(C)C)cc1. The van der Waals surface area contributed by atoms with Gasteiger partial charge in [0.2, 0.25) is 0 Å². The highest BCUT2D eigenvalue weighted by atomic mass is 35.5. The minimum Gasteiger partial charge on any atom is -0.444 e. The van der Waals surface area contributed by atoms with E-state index in [1.807, 2.05) is 64.1 Å². The van der Waals surface area contributed by atoms with Crippen molar-refractivity contribution in [3.05, 3.63) is 81.6 Å². The van der Waals surface area contributed by atoms with Crippen LogP contribution in [0.2, 0.25) is 5.15 Å². The Kier molecular flexibility index (Phi) is 15.8. The van der Waals surface area contributed by atoms with Gasteiger partial charge in [0, 0.05) is 38.3 Å². The van der Waals surface area contributed by atoms with Gasteiger partial charge in [0.1, 0.15) is 5.60 Å². The molecule has 2 aromatic carbocycles. The van der Waals surface area contributed by atoms with Crippen LogP contribution in [0.25, 0.3) is 0 Å². The normalized spacial score (nSPS) is 11.9. The molecule has 7 N–H and O–H groups in total. The number of hydrogen-bond acceptors (Lipinski definition) is 9. The summed E-state index contributed by atoms with van der Waals surface area (Å²) < 4.78 is 5.80. The number of halogens is 1. The maximum Gasteiger partial charge on any atom is 0.410 e. The van der Waals surface area contributed by atoms with Gasteiger partial charge in [-0.3, -0.25) is 9.59 Å². The molecule has 1 unspecified atom stereocenters. The van der Waals surface area contributed by atoms with E-state index in [1.165, 1.54) is 19.3 Å². The average Bonchev–Trinajstić information content (AvgIpc) is 3.06. The summed E-state index contributed by atoms with van der Waals surface area (Å²) in [6, 6.07) is 15.1. The van der Waals surface area contributed by atoms with E-state index in [-0.39, 0.29) is 53.9 Å². The van der Waals surface area contributed by atoms with Crippen LogP contribution in [0.5, 0.6) is 0 Å². The van der Waals surface area contributed by atoms with Crippen LogP contribution < -0.4 is 27.4 Å². The minimum atomic E-state index is -0.730. The molecular weight excluding hydrogens is 656 g/mol. The number of anilines is 2. The lowest BCUT2D eigenvalue weighted by Crippen LogP contribution is -2.42. The van der Waals surface area contributed by atoms with Crippen molar-refractivity contribution in [2.75, 3.05) is 44.2 Å². The van der Waals surface area contributed by atoms with Crippen LogP contribution in [0.15, 0.2) is 48.5 Å². The van der Waals surface area contributed by atoms with E-state index in [4.69, 9.17) is 27.8 Å². The number of nitrogen functional groups attached to an aromatic ring is 2. The Hall–Kier alpha value is -4.42. The monoisotopic (exact) mass is 708 g/mol. The molecule has 0 aliphatic heterocycles. The lowest BCUT2D eigenvalue weighted by atomic mass is 9.95. The van der Waals surface area contributed by atoms with E-state index < -0.39 is 17.6 Å². The first-order valence-electron chi connectivity index (χ1n) is 17.2. The molecule has 0 aliphatic rings. The van der Waals surface area contributed by atoms with Crippen molar-refractivity contribution >= 4 is 41.1 Å². The van der Waals surface area contributed by atoms with Crippen molar-refractivity contribution in [3.8, 4) is 0 Å². The highest BCUT2D eigenvalue weighted by molar-refractivity contribution is 6.31. The molecule has 0 radical (unpaired) electrons. The molecule has 12 nitrogen and oxygen atoms in total. The molecule has 3 amide bonds. The highest BCUT2D eigenvalue weighted by Gasteiger charge is 2.27. The Balaban J connectivity index is 1.74. The van der Waals surface area contributed by atoms with Crippen molar-refractivity contribution in [3.63, 3.8) is 0 Å². The third-order valence-electron chi connectivity index (χ3n) is 7.96. The van der Waals surface area contributed by atoms with E-state index in [9.17, 15) is 14.4 Å². The maximum absolute atomic E-state index is 13.6. The Bertz CT molecular complexity index is 1560. The van der Waals surface area contributed by atoms with Crippen LogP contribution in [-0.2, 0) is 17.7 Å². The first-order valence-corrected chi connectivity index (χ1v) is 17.6. The van der Waals surface area contributed by atoms with Gasteiger partial charge in [-0.05, 0) is 81.8 Å². The second-order valence-electron chi connectivity index (χ2n) is 13.5. The highest BCUT2D eigenvalue weighted by Crippen LogP contribution is 2.20. The van der Waals surface area contributed by atoms with Gasteiger partial charge in [-0.25, -0.2) is 14.8 Å². The van der Waals surface area contributed by atoms with Crippen molar-refractivity contribution in [1.29, 1.82) is 0 Å². The minimum absolute atomic E-state index is 0.0689. The molecule has 3 aromatic rings. The largest absolute Gasteiger partial charge is 0.444 e. The molecule has 0 bridgehead atoms. The molecule has 0 saturated carbocycles. The Labute approximate surface area is 301 Å². The summed E-state index contributed by atoms with van der Waals surface area (Å²) in [5.74, 6) is -1.17. The molecule has 272 valence electrons. The van der Waals surface area contributed by atoms with Crippen LogP contribution in [0.4, 0.5) is 16.4 Å². The number of nitrogens with two attached hydrogens (primary N) is 2. The molecule has 1 atom stereocenters. The standard InChI is InChI=1S/C37H53ClN8O4/c1-6-7-8-11-18-41-19-20-42-34(47)28-16-14-26(15-17-28)23-46(36(49)50-37(3,4)5)24-27(21-29-13-10-9-12-25(29)2)22-43-35(48)30-32(39)45-33(40)31(38)44-30/h9-10,12-17,27,41H,6-8,11,18-24H2,1-5H3,(H,42,47)(H,43,48)(H4,39,40,45). The molecule has 3 rings (SSSR count). The van der Waals surface area contributed by atoms with Crippen LogP contribution in [0, 0.1) is 12.8 Å². The third-order valence-corrected chi connectivity index (χ3v) is 8.23. The number of aromatic nitrogens is 2. The maximum atomic E-state index is 13.6. The van der Waals surface area contributed by atoms with Crippen molar-refractivity contribution in [1.82, 2.24) is 30.8 Å². The molecule has 50 heavy (non-hydrogen) atoms. The van der Waals surface area contributed by atoms with Gasteiger partial charge in [0.25, 0.3) is 11.8 Å². The number of hydrogen-bond donors (Lipinski definition) is 5. The number of aryl methyl sites for hydroxylation is 1. The number of carbonyl (C=O) groups is 3. The summed E-state index contributed by atoms with van der Waals surface area (Å²) in [6.45, 7) is 12.5. The summed E-state index contributed by atoms with van der Waals surface area (Å²) in [5, 5.41) is 9.09. The van der Waals surface area contributed by atoms with E-state index >= 15 is 0 Å². The van der Waals surface area contributed by atoms with E-state index in [0.29, 0.717) is 25.1 Å². The van der Waals surface area contributed by atoms with Gasteiger partial charge in [0.05, 0.1) is 0 Å². The Morgan fingerprint density at radius 3 is 2.30 bits per heavy atom. The quantitative estimate of drug-likeness (QED) is 0.106. The van der Waals surface area contributed by atoms with Gasteiger partial charge >= 0.3 is 6.09 Å². The van der Waals surface area contributed by atoms with Crippen LogP contribution in [0.3, 0.4) is 0 Å². The molecule has 0 saturated heterocycles. The lowest BCUT2D eigenvalue weighted by molar-refractivity contribution is 0.0202. The fourth-order valence-corrected chi connectivity index (χ4v) is 5.40. The molecule has 0 fully saturated rings. The summed E-state index contributed by atoms with van der Waals surface area (Å²) in [5.41, 5.74) is 14.3. The van der Waals surface area contributed by atoms with Crippen molar-refractivity contribution in [2.45, 2.75) is 78.9 Å². The second kappa shape index (κ2) is 19.7. The first-order chi connectivity index (χ1) is 23.8. The van der Waals surface area contributed by atoms with E-state index in [1.54, 1.807) is 17.0 Å². The van der Waals surface area contributed by atoms with Gasteiger partial charge < -0.3 is 37.1 Å². The molecule has 0 spiro atoms. The van der Waals surface area contributed by atoms with Gasteiger partial charge in [-0.1, -0.05) is 74.2 Å². The van der Waals surface area contributed by atoms with Gasteiger partial charge in [0.15, 0.2) is 22.5 Å². The molecule has 1 heterocycles. The van der Waals surface area contributed by atoms with Crippen LogP contribution in [-0.4, -0.2) is 71.1 Å². The van der Waals surface area contributed by atoms with E-state index in [0.717, 1.165) is 29.7 Å². The fourth-order valence-electron chi connectivity index (χ4n) is 5.27. The fraction of sp³-hybridized carbons (Fsp3) is 0.486. The van der Waals surface area contributed by atoms with Crippen LogP contribution >= 0.6 is 11.6 Å². The topological polar surface area (TPSA) is 178 Å². The molecule has 1 aromatic heterocycles. The number of amides is 3. The Morgan fingerprint density at radius 1 is 0.900 bits per heavy atom. The summed E-state index contributed by atoms with van der Waals surface area (Å²) in [7, 11) is 0. The van der Waals surface area contributed by atoms with Crippen LogP contribution in [0.1, 0.15) is 90.9 Å². The van der Waals surface area contributed by atoms with Crippen molar-refractivity contribution < 1.29 is 19.1 Å². The average molecular weight is 709 g/mol. The zero-order chi connectivity index (χ0) is 36.7. The number of nitrogens with one attached hydrogen (secondary N) is 3. The summed E-state index contributed by atoms with van der Waals surface area (Å²) >= 11 is 6.01. The first kappa shape index (κ1) is 40.0. The predicted molar refractivity (Wildman–Crippen MR) is 199 cm³/mol. The molecule has 13 heteroatoms. The number of ether oxygens (including phenoxy) is 1. The lowest BCUT2D eigenvalue weighted by Gasteiger charge is -2.31. The summed E-state index contributed by atoms with van der Waals surface area (Å²) in [4.78, 5) is 49.1. The van der Waals surface area contributed by atoms with Gasteiger partial charge in [-0.15, -0.1) is 0 Å². The third kappa shape index (κ3) is 13.5.